The van der Waals surface area contributed by atoms with E-state index in [1.165, 1.54) is 11.0 Å². The van der Waals surface area contributed by atoms with Crippen LogP contribution in [0.2, 0.25) is 0 Å². The van der Waals surface area contributed by atoms with Crippen molar-refractivity contribution in [2.75, 3.05) is 6.26 Å². The van der Waals surface area contributed by atoms with Crippen LogP contribution in [-0.4, -0.2) is 25.4 Å². The Morgan fingerprint density at radius 1 is 1.18 bits per heavy atom. The van der Waals surface area contributed by atoms with Gasteiger partial charge in [0.1, 0.15) is 0 Å². The van der Waals surface area contributed by atoms with E-state index in [1.807, 2.05) is 6.26 Å². The van der Waals surface area contributed by atoms with Gasteiger partial charge in [0.05, 0.1) is 11.0 Å². The van der Waals surface area contributed by atoms with Crippen molar-refractivity contribution in [1.82, 2.24) is 19.2 Å². The number of rotatable bonds is 3. The lowest BCUT2D eigenvalue weighted by atomic mass is 10.3. The van der Waals surface area contributed by atoms with Crippen molar-refractivity contribution in [2.24, 2.45) is 0 Å². The van der Waals surface area contributed by atoms with Crippen molar-refractivity contribution in [3.05, 3.63) is 24.3 Å². The van der Waals surface area contributed by atoms with Gasteiger partial charge in [0, 0.05) is 6.54 Å². The fraction of sp³-hybridized carbons (Fsp3) is 0.333. The predicted octanol–water partition coefficient (Wildman–Crippen LogP) is 2.82. The zero-order chi connectivity index (χ0) is 11.8. The maximum absolute atomic E-state index is 4.30. The van der Waals surface area contributed by atoms with E-state index in [-0.39, 0.29) is 0 Å². The third-order valence-electron chi connectivity index (χ3n) is 2.90. The second kappa shape index (κ2) is 4.07. The van der Waals surface area contributed by atoms with Crippen LogP contribution in [0.15, 0.2) is 29.4 Å². The topological polar surface area (TPSA) is 35.1 Å². The van der Waals surface area contributed by atoms with Gasteiger partial charge < -0.3 is 4.57 Å². The first-order valence-electron chi connectivity index (χ1n) is 5.73. The van der Waals surface area contributed by atoms with E-state index >= 15 is 0 Å². The number of hydrogen-bond donors (Lipinski definition) is 0. The Morgan fingerprint density at radius 2 is 1.94 bits per heavy atom. The van der Waals surface area contributed by atoms with Gasteiger partial charge in [-0.3, -0.25) is 4.40 Å². The first-order valence-corrected chi connectivity index (χ1v) is 6.95. The standard InChI is InChI=1S/C12H14N4S/c1-3-8-15-9-6-4-5-7-10(9)16-11(15)13-14-12(16)17-2/h4-7H,3,8H2,1-2H3. The normalized spacial score (nSPS) is 11.6. The maximum Gasteiger partial charge on any atom is 0.237 e. The molecule has 5 heteroatoms. The Kier molecular flexibility index (Phi) is 2.55. The van der Waals surface area contributed by atoms with Crippen molar-refractivity contribution in [1.29, 1.82) is 0 Å². The van der Waals surface area contributed by atoms with Crippen LogP contribution in [0.3, 0.4) is 0 Å². The van der Waals surface area contributed by atoms with E-state index in [0.29, 0.717) is 0 Å². The summed E-state index contributed by atoms with van der Waals surface area (Å²) in [5.41, 5.74) is 2.42. The number of hydrogen-bond acceptors (Lipinski definition) is 3. The highest BCUT2D eigenvalue weighted by molar-refractivity contribution is 7.98. The Morgan fingerprint density at radius 3 is 2.65 bits per heavy atom. The van der Waals surface area contributed by atoms with Crippen molar-refractivity contribution in [3.8, 4) is 0 Å². The molecule has 0 atom stereocenters. The molecule has 0 amide bonds. The second-order valence-corrected chi connectivity index (χ2v) is 4.74. The number of aryl methyl sites for hydroxylation is 1. The highest BCUT2D eigenvalue weighted by atomic mass is 32.2. The molecule has 0 N–H and O–H groups in total. The molecule has 0 saturated carbocycles. The van der Waals surface area contributed by atoms with Crippen molar-refractivity contribution in [3.63, 3.8) is 0 Å². The summed E-state index contributed by atoms with van der Waals surface area (Å²) < 4.78 is 4.37. The predicted molar refractivity (Wildman–Crippen MR) is 70.6 cm³/mol. The SMILES string of the molecule is CCCn1c2ccccc2n2c(SC)nnc12. The Labute approximate surface area is 104 Å². The molecule has 88 valence electrons. The summed E-state index contributed by atoms with van der Waals surface area (Å²) >= 11 is 1.63. The average Bonchev–Trinajstić information content (AvgIpc) is 2.90. The lowest BCUT2D eigenvalue weighted by Crippen LogP contribution is -1.97. The van der Waals surface area contributed by atoms with Crippen molar-refractivity contribution >= 4 is 28.6 Å². The minimum atomic E-state index is 0.942. The molecule has 2 heterocycles. The lowest BCUT2D eigenvalue weighted by Gasteiger charge is -2.00. The zero-order valence-electron chi connectivity index (χ0n) is 9.92. The highest BCUT2D eigenvalue weighted by Crippen LogP contribution is 2.24. The van der Waals surface area contributed by atoms with Crippen molar-refractivity contribution in [2.45, 2.75) is 25.0 Å². The van der Waals surface area contributed by atoms with Gasteiger partial charge in [0.2, 0.25) is 5.78 Å². The molecule has 3 aromatic rings. The summed E-state index contributed by atoms with van der Waals surface area (Å²) in [5.74, 6) is 0.942. The van der Waals surface area contributed by atoms with Crippen LogP contribution in [-0.2, 0) is 6.54 Å². The number of thioether (sulfide) groups is 1. The van der Waals surface area contributed by atoms with Crippen LogP contribution in [0, 0.1) is 0 Å². The summed E-state index contributed by atoms with van der Waals surface area (Å²) in [4.78, 5) is 0. The molecule has 2 aromatic heterocycles. The summed E-state index contributed by atoms with van der Waals surface area (Å²) in [6, 6.07) is 8.39. The van der Waals surface area contributed by atoms with E-state index in [1.54, 1.807) is 11.8 Å². The summed E-state index contributed by atoms with van der Waals surface area (Å²) in [5, 5.41) is 9.47. The number of benzene rings is 1. The molecule has 0 fully saturated rings. The molecule has 0 radical (unpaired) electrons. The molecule has 0 aliphatic heterocycles. The molecule has 0 aliphatic carbocycles. The number of aromatic nitrogens is 4. The third-order valence-corrected chi connectivity index (χ3v) is 3.53. The lowest BCUT2D eigenvalue weighted by molar-refractivity contribution is 0.710. The van der Waals surface area contributed by atoms with Gasteiger partial charge in [0.15, 0.2) is 5.16 Å². The van der Waals surface area contributed by atoms with E-state index in [9.17, 15) is 0 Å². The van der Waals surface area contributed by atoms with Gasteiger partial charge in [-0.1, -0.05) is 30.8 Å². The van der Waals surface area contributed by atoms with Crippen LogP contribution < -0.4 is 0 Å². The summed E-state index contributed by atoms with van der Waals surface area (Å²) in [7, 11) is 0. The highest BCUT2D eigenvalue weighted by Gasteiger charge is 2.14. The van der Waals surface area contributed by atoms with E-state index in [4.69, 9.17) is 0 Å². The Balaban J connectivity index is 2.45. The first-order chi connectivity index (χ1) is 8.36. The maximum atomic E-state index is 4.30. The van der Waals surface area contributed by atoms with Gasteiger partial charge in [-0.15, -0.1) is 10.2 Å². The van der Waals surface area contributed by atoms with E-state index in [2.05, 4.69) is 50.4 Å². The van der Waals surface area contributed by atoms with Crippen LogP contribution in [0.1, 0.15) is 13.3 Å². The number of nitrogens with zero attached hydrogens (tertiary/aromatic N) is 4. The molecular formula is C12H14N4S. The largest absolute Gasteiger partial charge is 0.308 e. The quantitative estimate of drug-likeness (QED) is 0.667. The summed E-state index contributed by atoms with van der Waals surface area (Å²) in [6.07, 6.45) is 3.12. The monoisotopic (exact) mass is 246 g/mol. The molecule has 0 spiro atoms. The van der Waals surface area contributed by atoms with Crippen LogP contribution >= 0.6 is 11.8 Å². The third kappa shape index (κ3) is 1.45. The van der Waals surface area contributed by atoms with Crippen molar-refractivity contribution < 1.29 is 0 Å². The number of fused-ring (bicyclic) bond motifs is 3. The molecule has 3 rings (SSSR count). The van der Waals surface area contributed by atoms with Gasteiger partial charge in [0.25, 0.3) is 0 Å². The van der Waals surface area contributed by atoms with E-state index < -0.39 is 0 Å². The molecule has 0 aliphatic rings. The molecule has 4 nitrogen and oxygen atoms in total. The average molecular weight is 246 g/mol. The first kappa shape index (κ1) is 10.7. The van der Waals surface area contributed by atoms with Crippen LogP contribution in [0.5, 0.6) is 0 Å². The smallest absolute Gasteiger partial charge is 0.237 e. The van der Waals surface area contributed by atoms with Gasteiger partial charge in [-0.2, -0.15) is 0 Å². The van der Waals surface area contributed by atoms with Gasteiger partial charge >= 0.3 is 0 Å². The Bertz CT molecular complexity index is 668. The van der Waals surface area contributed by atoms with Crippen LogP contribution in [0.25, 0.3) is 16.8 Å². The van der Waals surface area contributed by atoms with Crippen LogP contribution in [0.4, 0.5) is 0 Å². The van der Waals surface area contributed by atoms with Gasteiger partial charge in [-0.25, -0.2) is 0 Å². The molecular weight excluding hydrogens is 232 g/mol. The zero-order valence-corrected chi connectivity index (χ0v) is 10.7. The minimum Gasteiger partial charge on any atom is -0.308 e. The molecule has 0 saturated heterocycles. The second-order valence-electron chi connectivity index (χ2n) is 3.96. The van der Waals surface area contributed by atoms with Gasteiger partial charge in [-0.05, 0) is 24.8 Å². The molecule has 0 unspecified atom stereocenters. The summed E-state index contributed by atoms with van der Waals surface area (Å²) in [6.45, 7) is 3.15. The molecule has 17 heavy (non-hydrogen) atoms. The molecule has 0 bridgehead atoms. The van der Waals surface area contributed by atoms with E-state index in [0.717, 1.165) is 23.9 Å². The fourth-order valence-electron chi connectivity index (χ4n) is 2.21. The molecule has 1 aromatic carbocycles. The Hall–Kier alpha value is -1.49. The number of imidazole rings is 1. The number of para-hydroxylation sites is 2. The fourth-order valence-corrected chi connectivity index (χ4v) is 2.70. The minimum absolute atomic E-state index is 0.942.